The Balaban J connectivity index is 2.54. The molecule has 0 aliphatic rings. The molecule has 11 heteroatoms. The van der Waals surface area contributed by atoms with Gasteiger partial charge in [0.05, 0.1) is 29.9 Å². The number of carbonyl (C=O) groups is 1. The minimum absolute atomic E-state index is 0.0416. The van der Waals surface area contributed by atoms with E-state index in [0.717, 1.165) is 10.6 Å². The van der Waals surface area contributed by atoms with E-state index in [1.807, 2.05) is 13.8 Å². The fraction of sp³-hybridized carbons (Fsp3) is 0.435. The first kappa shape index (κ1) is 27.4. The van der Waals surface area contributed by atoms with Gasteiger partial charge in [0.15, 0.2) is 0 Å². The van der Waals surface area contributed by atoms with Crippen molar-refractivity contribution in [3.05, 3.63) is 47.4 Å². The summed E-state index contributed by atoms with van der Waals surface area (Å²) in [6.07, 6.45) is 1.84. The Morgan fingerprint density at radius 3 is 2.35 bits per heavy atom. The van der Waals surface area contributed by atoms with Gasteiger partial charge in [-0.25, -0.2) is 27.1 Å². The molecular formula is C23H30FN3O6S. The number of hydrogen-bond acceptors (Lipinski definition) is 8. The van der Waals surface area contributed by atoms with E-state index in [9.17, 15) is 27.8 Å². The second kappa shape index (κ2) is 11.5. The van der Waals surface area contributed by atoms with Gasteiger partial charge in [0, 0.05) is 31.5 Å². The van der Waals surface area contributed by atoms with Crippen molar-refractivity contribution in [3.8, 4) is 11.3 Å². The van der Waals surface area contributed by atoms with Crippen molar-refractivity contribution in [2.24, 2.45) is 0 Å². The number of anilines is 1. The lowest BCUT2D eigenvalue weighted by atomic mass is 9.97. The number of sulfonamides is 1. The average Bonchev–Trinajstić information content (AvgIpc) is 2.75. The Morgan fingerprint density at radius 2 is 1.82 bits per heavy atom. The first-order valence-corrected chi connectivity index (χ1v) is 12.4. The van der Waals surface area contributed by atoms with Crippen LogP contribution in [0.1, 0.15) is 44.4 Å². The Kier molecular flexibility index (Phi) is 9.25. The summed E-state index contributed by atoms with van der Waals surface area (Å²) < 4.78 is 43.4. The number of carbonyl (C=O) groups excluding carboxylic acids is 1. The molecule has 0 aliphatic carbocycles. The summed E-state index contributed by atoms with van der Waals surface area (Å²) in [5, 5.41) is 20.3. The summed E-state index contributed by atoms with van der Waals surface area (Å²) in [5.41, 5.74) is 1.91. The molecule has 0 unspecified atom stereocenters. The molecule has 0 aliphatic heterocycles. The molecule has 0 fully saturated rings. The predicted octanol–water partition coefficient (Wildman–Crippen LogP) is 2.49. The summed E-state index contributed by atoms with van der Waals surface area (Å²) in [4.78, 5) is 19.8. The number of ether oxygens (including phenoxy) is 1. The van der Waals surface area contributed by atoms with Gasteiger partial charge in [-0.05, 0) is 30.2 Å². The topological polar surface area (TPSA) is 130 Å². The summed E-state index contributed by atoms with van der Waals surface area (Å²) in [6.45, 7) is 4.72. The minimum Gasteiger partial charge on any atom is -0.463 e. The molecule has 0 saturated carbocycles. The van der Waals surface area contributed by atoms with Crippen molar-refractivity contribution in [2.45, 2.75) is 45.3 Å². The lowest BCUT2D eigenvalue weighted by Crippen LogP contribution is -2.27. The molecular weight excluding hydrogens is 465 g/mol. The van der Waals surface area contributed by atoms with Gasteiger partial charge >= 0.3 is 5.97 Å². The smallest absolute Gasteiger partial charge is 0.302 e. The fourth-order valence-corrected chi connectivity index (χ4v) is 3.42. The molecule has 9 nitrogen and oxygen atoms in total. The van der Waals surface area contributed by atoms with Crippen molar-refractivity contribution >= 4 is 28.0 Å². The van der Waals surface area contributed by atoms with Gasteiger partial charge in [-0.15, -0.1) is 0 Å². The van der Waals surface area contributed by atoms with Crippen LogP contribution in [0.2, 0.25) is 0 Å². The molecule has 186 valence electrons. The highest BCUT2D eigenvalue weighted by atomic mass is 32.2. The third kappa shape index (κ3) is 7.57. The van der Waals surface area contributed by atoms with E-state index in [0.29, 0.717) is 22.5 Å². The van der Waals surface area contributed by atoms with Crippen molar-refractivity contribution in [1.82, 2.24) is 9.97 Å². The highest BCUT2D eigenvalue weighted by Crippen LogP contribution is 2.31. The quantitative estimate of drug-likeness (QED) is 0.481. The number of nitrogens with zero attached hydrogens (tertiary/aromatic N) is 3. The molecule has 2 atom stereocenters. The van der Waals surface area contributed by atoms with Gasteiger partial charge in [0.1, 0.15) is 12.4 Å². The first-order valence-electron chi connectivity index (χ1n) is 10.6. The monoisotopic (exact) mass is 495 g/mol. The first-order chi connectivity index (χ1) is 15.8. The van der Waals surface area contributed by atoms with Gasteiger partial charge in [0.25, 0.3) is 0 Å². The highest BCUT2D eigenvalue weighted by Gasteiger charge is 2.22. The molecule has 0 spiro atoms. The second-order valence-electron chi connectivity index (χ2n) is 8.18. The number of rotatable bonds is 10. The van der Waals surface area contributed by atoms with Crippen LogP contribution < -0.4 is 4.31 Å². The molecule has 0 radical (unpaired) electrons. The summed E-state index contributed by atoms with van der Waals surface area (Å²) in [6, 6.07) is 5.56. The molecule has 2 aromatic rings. The maximum absolute atomic E-state index is 13.5. The number of aliphatic hydroxyl groups is 2. The molecule has 1 aromatic heterocycles. The Labute approximate surface area is 199 Å². The van der Waals surface area contributed by atoms with Crippen LogP contribution in [0.5, 0.6) is 0 Å². The summed E-state index contributed by atoms with van der Waals surface area (Å²) in [5.74, 6) is -1.17. The number of benzene rings is 1. The third-order valence-electron chi connectivity index (χ3n) is 4.88. The van der Waals surface area contributed by atoms with Crippen molar-refractivity contribution < 1.29 is 32.6 Å². The standard InChI is InChI=1S/C23H30FN3O6S/c1-14(2)21-20(11-10-18(29)12-19(30)13-33-15(3)28)22(16-6-8-17(24)9-7-16)26-23(25-21)27(4)34(5,31)32/h6-11,14,18-19,29-30H,12-13H2,1-5H3/b11-10+/t18-,19-/m1/s1. The van der Waals surface area contributed by atoms with Crippen LogP contribution in [0, 0.1) is 5.82 Å². The molecule has 0 amide bonds. The van der Waals surface area contributed by atoms with E-state index in [2.05, 4.69) is 9.97 Å². The normalized spacial score (nSPS) is 13.8. The molecule has 1 heterocycles. The zero-order valence-corrected chi connectivity index (χ0v) is 20.6. The zero-order chi connectivity index (χ0) is 25.6. The Morgan fingerprint density at radius 1 is 1.21 bits per heavy atom. The second-order valence-corrected chi connectivity index (χ2v) is 10.2. The van der Waals surface area contributed by atoms with Crippen molar-refractivity contribution in [3.63, 3.8) is 0 Å². The Bertz CT molecular complexity index is 1140. The molecule has 2 rings (SSSR count). The van der Waals surface area contributed by atoms with E-state index in [1.165, 1.54) is 44.3 Å². The van der Waals surface area contributed by atoms with Crippen LogP contribution in [-0.2, 0) is 19.6 Å². The largest absolute Gasteiger partial charge is 0.463 e. The third-order valence-corrected chi connectivity index (χ3v) is 6.04. The number of aromatic nitrogens is 2. The lowest BCUT2D eigenvalue weighted by Gasteiger charge is -2.20. The van der Waals surface area contributed by atoms with Crippen LogP contribution in [0.3, 0.4) is 0 Å². The number of halogens is 1. The van der Waals surface area contributed by atoms with E-state index < -0.39 is 34.0 Å². The van der Waals surface area contributed by atoms with Gasteiger partial charge in [-0.1, -0.05) is 26.0 Å². The average molecular weight is 496 g/mol. The SMILES string of the molecule is CC(=O)OC[C@H](O)C[C@H](O)/C=C/c1c(-c2ccc(F)cc2)nc(N(C)S(C)(=O)=O)nc1C(C)C. The van der Waals surface area contributed by atoms with Gasteiger partial charge < -0.3 is 14.9 Å². The lowest BCUT2D eigenvalue weighted by molar-refractivity contribution is -0.144. The summed E-state index contributed by atoms with van der Waals surface area (Å²) >= 11 is 0. The molecule has 0 saturated heterocycles. The van der Waals surface area contributed by atoms with Gasteiger partial charge in [-0.3, -0.25) is 4.79 Å². The van der Waals surface area contributed by atoms with Crippen LogP contribution in [0.25, 0.3) is 17.3 Å². The minimum atomic E-state index is -3.64. The van der Waals surface area contributed by atoms with Crippen molar-refractivity contribution in [1.29, 1.82) is 0 Å². The Hall–Kier alpha value is -2.89. The predicted molar refractivity (Wildman–Crippen MR) is 127 cm³/mol. The van der Waals surface area contributed by atoms with E-state index in [-0.39, 0.29) is 24.9 Å². The van der Waals surface area contributed by atoms with E-state index >= 15 is 0 Å². The van der Waals surface area contributed by atoms with Crippen LogP contribution >= 0.6 is 0 Å². The molecule has 34 heavy (non-hydrogen) atoms. The van der Waals surface area contributed by atoms with Gasteiger partial charge in [0.2, 0.25) is 16.0 Å². The highest BCUT2D eigenvalue weighted by molar-refractivity contribution is 7.92. The number of aliphatic hydroxyl groups excluding tert-OH is 2. The van der Waals surface area contributed by atoms with Crippen molar-refractivity contribution in [2.75, 3.05) is 24.2 Å². The molecule has 0 bridgehead atoms. The number of esters is 1. The van der Waals surface area contributed by atoms with E-state index in [4.69, 9.17) is 4.74 Å². The van der Waals surface area contributed by atoms with Gasteiger partial charge in [-0.2, -0.15) is 0 Å². The zero-order valence-electron chi connectivity index (χ0n) is 19.8. The van der Waals surface area contributed by atoms with E-state index in [1.54, 1.807) is 6.08 Å². The maximum atomic E-state index is 13.5. The number of hydrogen-bond donors (Lipinski definition) is 2. The summed E-state index contributed by atoms with van der Waals surface area (Å²) in [7, 11) is -2.30. The van der Waals surface area contributed by atoms with Crippen LogP contribution in [0.15, 0.2) is 30.3 Å². The van der Waals surface area contributed by atoms with Crippen LogP contribution in [0.4, 0.5) is 10.3 Å². The maximum Gasteiger partial charge on any atom is 0.302 e. The molecule has 2 N–H and O–H groups in total. The fourth-order valence-electron chi connectivity index (χ4n) is 3.04. The molecule has 1 aromatic carbocycles. The van der Waals surface area contributed by atoms with Crippen LogP contribution in [-0.4, -0.2) is 66.7 Å².